The number of hydrogen-bond acceptors (Lipinski definition) is 4. The molecule has 0 atom stereocenters. The number of nitrogens with zero attached hydrogens (tertiary/aromatic N) is 2. The van der Waals surface area contributed by atoms with Crippen molar-refractivity contribution in [2.24, 2.45) is 0 Å². The molecule has 3 nitrogen and oxygen atoms in total. The number of fused-ring (bicyclic) bond motifs is 1. The second-order valence-corrected chi connectivity index (χ2v) is 6.15. The first kappa shape index (κ1) is 13.4. The van der Waals surface area contributed by atoms with Gasteiger partial charge in [-0.2, -0.15) is 11.8 Å². The van der Waals surface area contributed by atoms with Crippen LogP contribution in [0.4, 0.5) is 5.82 Å². The highest BCUT2D eigenvalue weighted by Gasteiger charge is 2.20. The van der Waals surface area contributed by atoms with E-state index in [-0.39, 0.29) is 0 Å². The highest BCUT2D eigenvalue weighted by Crippen LogP contribution is 2.35. The van der Waals surface area contributed by atoms with E-state index in [2.05, 4.69) is 44.3 Å². The minimum atomic E-state index is 0.847. The van der Waals surface area contributed by atoms with Crippen LogP contribution in [-0.4, -0.2) is 16.5 Å². The largest absolute Gasteiger partial charge is 0.370 e. The lowest BCUT2D eigenvalue weighted by Crippen LogP contribution is -2.07. The number of rotatable bonds is 3. The van der Waals surface area contributed by atoms with Crippen LogP contribution < -0.4 is 5.32 Å². The summed E-state index contributed by atoms with van der Waals surface area (Å²) in [5, 5.41) is 3.38. The second-order valence-electron chi connectivity index (χ2n) is 5.16. The van der Waals surface area contributed by atoms with Crippen molar-refractivity contribution in [3.8, 4) is 11.4 Å². The molecule has 1 aromatic carbocycles. The van der Waals surface area contributed by atoms with E-state index in [0.29, 0.717) is 0 Å². The number of thioether (sulfide) groups is 1. The minimum absolute atomic E-state index is 0.847. The Kier molecular flexibility index (Phi) is 3.66. The van der Waals surface area contributed by atoms with E-state index < -0.39 is 0 Å². The Hall–Kier alpha value is -1.55. The molecule has 2 heterocycles. The van der Waals surface area contributed by atoms with Crippen molar-refractivity contribution >= 4 is 17.6 Å². The van der Waals surface area contributed by atoms with Crippen LogP contribution in [0.15, 0.2) is 18.2 Å². The molecule has 0 amide bonds. The summed E-state index contributed by atoms with van der Waals surface area (Å²) in [5.74, 6) is 3.87. The lowest BCUT2D eigenvalue weighted by molar-refractivity contribution is 1.05. The molecule has 0 aliphatic carbocycles. The molecular formula is C16H19N3S. The summed E-state index contributed by atoms with van der Waals surface area (Å²) in [5.41, 5.74) is 6.11. The van der Waals surface area contributed by atoms with Gasteiger partial charge in [0.2, 0.25) is 0 Å². The fourth-order valence-corrected chi connectivity index (χ4v) is 3.59. The van der Waals surface area contributed by atoms with E-state index in [4.69, 9.17) is 9.97 Å². The molecule has 4 heteroatoms. The van der Waals surface area contributed by atoms with Gasteiger partial charge in [-0.1, -0.05) is 23.8 Å². The number of nitrogens with one attached hydrogen (secondary N) is 1. The average Bonchev–Trinajstić information content (AvgIpc) is 2.87. The fourth-order valence-electron chi connectivity index (χ4n) is 2.55. The third-order valence-corrected chi connectivity index (χ3v) is 4.52. The van der Waals surface area contributed by atoms with Gasteiger partial charge in [0.05, 0.1) is 5.69 Å². The van der Waals surface area contributed by atoms with Gasteiger partial charge < -0.3 is 5.32 Å². The maximum Gasteiger partial charge on any atom is 0.162 e. The summed E-state index contributed by atoms with van der Waals surface area (Å²) in [6.07, 6.45) is 0. The molecule has 0 radical (unpaired) electrons. The van der Waals surface area contributed by atoms with Crippen molar-refractivity contribution in [2.45, 2.75) is 32.3 Å². The summed E-state index contributed by atoms with van der Waals surface area (Å²) >= 11 is 1.91. The Morgan fingerprint density at radius 3 is 2.80 bits per heavy atom. The van der Waals surface area contributed by atoms with E-state index in [1.165, 1.54) is 22.4 Å². The van der Waals surface area contributed by atoms with Gasteiger partial charge in [0.15, 0.2) is 5.82 Å². The lowest BCUT2D eigenvalue weighted by Gasteiger charge is -2.12. The van der Waals surface area contributed by atoms with Gasteiger partial charge >= 0.3 is 0 Å². The van der Waals surface area contributed by atoms with E-state index in [0.717, 1.165) is 35.3 Å². The highest BCUT2D eigenvalue weighted by atomic mass is 32.2. The Bertz CT molecular complexity index is 652. The molecule has 0 unspecified atom stereocenters. The van der Waals surface area contributed by atoms with Crippen molar-refractivity contribution in [2.75, 3.05) is 11.9 Å². The first-order valence-electron chi connectivity index (χ1n) is 6.98. The molecule has 3 rings (SSSR count). The number of benzene rings is 1. The lowest BCUT2D eigenvalue weighted by atomic mass is 10.0. The summed E-state index contributed by atoms with van der Waals surface area (Å²) < 4.78 is 0. The molecule has 2 aromatic rings. The van der Waals surface area contributed by atoms with Crippen LogP contribution in [0.3, 0.4) is 0 Å². The summed E-state index contributed by atoms with van der Waals surface area (Å²) in [6.45, 7) is 7.23. The molecule has 0 fully saturated rings. The van der Waals surface area contributed by atoms with Gasteiger partial charge in [0, 0.05) is 29.2 Å². The van der Waals surface area contributed by atoms with Gasteiger partial charge in [0.1, 0.15) is 5.82 Å². The smallest absolute Gasteiger partial charge is 0.162 e. The Morgan fingerprint density at radius 2 is 2.05 bits per heavy atom. The quantitative estimate of drug-likeness (QED) is 0.927. The molecule has 20 heavy (non-hydrogen) atoms. The van der Waals surface area contributed by atoms with Crippen molar-refractivity contribution in [3.05, 3.63) is 40.6 Å². The molecule has 1 aromatic heterocycles. The van der Waals surface area contributed by atoms with Crippen molar-refractivity contribution in [1.82, 2.24) is 9.97 Å². The Balaban J connectivity index is 2.12. The molecule has 0 spiro atoms. The van der Waals surface area contributed by atoms with Crippen LogP contribution in [0.2, 0.25) is 0 Å². The van der Waals surface area contributed by atoms with Crippen LogP contribution in [0.1, 0.15) is 29.3 Å². The molecular weight excluding hydrogens is 266 g/mol. The zero-order valence-electron chi connectivity index (χ0n) is 12.2. The number of hydrogen-bond donors (Lipinski definition) is 1. The number of aromatic nitrogens is 2. The number of anilines is 1. The maximum absolute atomic E-state index is 4.78. The molecule has 104 valence electrons. The van der Waals surface area contributed by atoms with E-state index in [1.807, 2.05) is 11.8 Å². The monoisotopic (exact) mass is 285 g/mol. The van der Waals surface area contributed by atoms with E-state index in [9.17, 15) is 0 Å². The van der Waals surface area contributed by atoms with Gasteiger partial charge in [0.25, 0.3) is 0 Å². The zero-order valence-corrected chi connectivity index (χ0v) is 13.0. The summed E-state index contributed by atoms with van der Waals surface area (Å²) in [6, 6.07) is 6.44. The first-order chi connectivity index (χ1) is 9.69. The summed E-state index contributed by atoms with van der Waals surface area (Å²) in [7, 11) is 0. The zero-order chi connectivity index (χ0) is 14.1. The minimum Gasteiger partial charge on any atom is -0.370 e. The summed E-state index contributed by atoms with van der Waals surface area (Å²) in [4.78, 5) is 9.54. The SMILES string of the molecule is CCNc1nc(-c2ccc(C)cc2C)nc2c1CSC2. The van der Waals surface area contributed by atoms with Gasteiger partial charge in [-0.05, 0) is 26.3 Å². The van der Waals surface area contributed by atoms with Gasteiger partial charge in [-0.15, -0.1) is 0 Å². The normalized spacial score (nSPS) is 13.3. The third-order valence-electron chi connectivity index (χ3n) is 3.54. The van der Waals surface area contributed by atoms with Crippen molar-refractivity contribution < 1.29 is 0 Å². The van der Waals surface area contributed by atoms with Crippen LogP contribution in [-0.2, 0) is 11.5 Å². The molecule has 1 aliphatic rings. The predicted octanol–water partition coefficient (Wildman–Crippen LogP) is 3.94. The van der Waals surface area contributed by atoms with Gasteiger partial charge in [-0.3, -0.25) is 0 Å². The predicted molar refractivity (Wildman–Crippen MR) is 86.1 cm³/mol. The number of aryl methyl sites for hydroxylation is 2. The molecule has 0 bridgehead atoms. The molecule has 0 saturated heterocycles. The fraction of sp³-hybridized carbons (Fsp3) is 0.375. The van der Waals surface area contributed by atoms with Crippen LogP contribution in [0.25, 0.3) is 11.4 Å². The van der Waals surface area contributed by atoms with E-state index >= 15 is 0 Å². The van der Waals surface area contributed by atoms with Crippen molar-refractivity contribution in [1.29, 1.82) is 0 Å². The second kappa shape index (κ2) is 5.44. The van der Waals surface area contributed by atoms with Crippen LogP contribution in [0, 0.1) is 13.8 Å². The molecule has 1 N–H and O–H groups in total. The topological polar surface area (TPSA) is 37.8 Å². The average molecular weight is 285 g/mol. The first-order valence-corrected chi connectivity index (χ1v) is 8.13. The Labute approximate surface area is 124 Å². The highest BCUT2D eigenvalue weighted by molar-refractivity contribution is 7.98. The third kappa shape index (κ3) is 2.40. The van der Waals surface area contributed by atoms with Crippen molar-refractivity contribution in [3.63, 3.8) is 0 Å². The standard InChI is InChI=1S/C16H19N3S/c1-4-17-15-13-8-20-9-14(13)18-16(19-15)12-6-5-10(2)7-11(12)3/h5-7H,4,8-9H2,1-3H3,(H,17,18,19). The van der Waals surface area contributed by atoms with E-state index in [1.54, 1.807) is 0 Å². The molecule has 1 aliphatic heterocycles. The van der Waals surface area contributed by atoms with Crippen LogP contribution >= 0.6 is 11.8 Å². The van der Waals surface area contributed by atoms with Gasteiger partial charge in [-0.25, -0.2) is 9.97 Å². The van der Waals surface area contributed by atoms with Crippen LogP contribution in [0.5, 0.6) is 0 Å². The Morgan fingerprint density at radius 1 is 1.20 bits per heavy atom. The molecule has 0 saturated carbocycles. The maximum atomic E-state index is 4.78.